The average molecular weight is 660 g/mol. The van der Waals surface area contributed by atoms with Crippen LogP contribution in [0.15, 0.2) is 48.8 Å². The molecule has 0 unspecified atom stereocenters. The Morgan fingerprint density at radius 3 is 0.925 bits per heavy atom. The topological polar surface area (TPSA) is 52.3 Å². The standard InChI is InChI=1S/2C11H19N2PS.2BF4/c2*1-9(2)14(15,10(3)4)13-11-7-5-6-8-12-11;2*2-1(3,4)5/h2*5-10H,1-4H3,(H,12,13,15);;/q;;2*-1/p+2. The summed E-state index contributed by atoms with van der Waals surface area (Å²) in [4.78, 5) is 6.37. The van der Waals surface area contributed by atoms with E-state index in [2.05, 4.69) is 75.5 Å². The van der Waals surface area contributed by atoms with Gasteiger partial charge < -0.3 is 34.5 Å². The lowest BCUT2D eigenvalue weighted by Gasteiger charge is -2.26. The first-order valence-corrected chi connectivity index (χ1v) is 18.2. The Morgan fingerprint density at radius 1 is 0.550 bits per heavy atom. The Balaban J connectivity index is 0. The van der Waals surface area contributed by atoms with Crippen molar-refractivity contribution in [2.24, 2.45) is 0 Å². The van der Waals surface area contributed by atoms with Gasteiger partial charge in [-0.3, -0.25) is 10.2 Å². The molecule has 0 aliphatic carbocycles. The number of H-pyrrole nitrogens is 2. The van der Waals surface area contributed by atoms with E-state index in [9.17, 15) is 34.5 Å². The maximum absolute atomic E-state index is 9.75. The predicted molar refractivity (Wildman–Crippen MR) is 163 cm³/mol. The van der Waals surface area contributed by atoms with Crippen LogP contribution in [0.4, 0.5) is 46.2 Å². The Labute approximate surface area is 243 Å². The maximum Gasteiger partial charge on any atom is 0.673 e. The molecule has 0 saturated heterocycles. The SMILES string of the molecule is CC(C)P(=S)(Nc1cccc[nH+]1)C(C)C.CC(C)P(=S)(Nc1cccc[nH+]1)C(C)C.F[B-](F)(F)F.F[B-](F)(F)F. The smallest absolute Gasteiger partial charge is 0.418 e. The lowest BCUT2D eigenvalue weighted by molar-refractivity contribution is -0.360. The van der Waals surface area contributed by atoms with Gasteiger partial charge in [-0.25, -0.2) is 9.97 Å². The predicted octanol–water partition coefficient (Wildman–Crippen LogP) is 8.85. The molecule has 2 aromatic heterocycles. The maximum atomic E-state index is 9.75. The van der Waals surface area contributed by atoms with Gasteiger partial charge in [-0.2, -0.15) is 0 Å². The molecule has 4 nitrogen and oxygen atoms in total. The van der Waals surface area contributed by atoms with Gasteiger partial charge in [0, 0.05) is 34.8 Å². The van der Waals surface area contributed by atoms with Crippen LogP contribution in [-0.4, -0.2) is 37.1 Å². The van der Waals surface area contributed by atoms with Crippen molar-refractivity contribution in [1.82, 2.24) is 0 Å². The van der Waals surface area contributed by atoms with Gasteiger partial charge in [0.05, 0.1) is 12.4 Å². The third kappa shape index (κ3) is 19.8. The fraction of sp³-hybridized carbons (Fsp3) is 0.545. The highest BCUT2D eigenvalue weighted by Gasteiger charge is 2.31. The summed E-state index contributed by atoms with van der Waals surface area (Å²) >= 11 is 11.6. The van der Waals surface area contributed by atoms with Gasteiger partial charge >= 0.3 is 14.5 Å². The first-order chi connectivity index (χ1) is 17.9. The molecule has 2 aromatic rings. The quantitative estimate of drug-likeness (QED) is 0.169. The van der Waals surface area contributed by atoms with E-state index in [-0.39, 0.29) is 0 Å². The van der Waals surface area contributed by atoms with Gasteiger partial charge in [0.15, 0.2) is 0 Å². The van der Waals surface area contributed by atoms with E-state index in [0.717, 1.165) is 11.6 Å². The summed E-state index contributed by atoms with van der Waals surface area (Å²) in [5.74, 6) is 2.06. The zero-order chi connectivity index (χ0) is 31.9. The Bertz CT molecular complexity index is 927. The summed E-state index contributed by atoms with van der Waals surface area (Å²) in [7, 11) is -12.0. The molecule has 0 spiro atoms. The number of hydrogen-bond acceptors (Lipinski definition) is 2. The number of halogens is 8. The van der Waals surface area contributed by atoms with Crippen molar-refractivity contribution in [2.75, 3.05) is 10.2 Å². The van der Waals surface area contributed by atoms with Crippen LogP contribution in [0.5, 0.6) is 0 Å². The summed E-state index contributed by atoms with van der Waals surface area (Å²) in [5, 5.41) is 7.05. The number of aromatic amines is 2. The molecule has 0 bridgehead atoms. The molecule has 2 heterocycles. The average Bonchev–Trinajstić information content (AvgIpc) is 2.78. The summed E-state index contributed by atoms with van der Waals surface area (Å²) in [6, 6.07) is 12.0. The molecular formula is C22H40B2F8N4P2S2. The molecule has 40 heavy (non-hydrogen) atoms. The third-order valence-electron chi connectivity index (χ3n) is 5.08. The zero-order valence-corrected chi connectivity index (χ0v) is 27.2. The van der Waals surface area contributed by atoms with E-state index >= 15 is 0 Å². The Morgan fingerprint density at radius 2 is 0.775 bits per heavy atom. The second kappa shape index (κ2) is 18.3. The lowest BCUT2D eigenvalue weighted by atomic mass is 10.3. The van der Waals surface area contributed by atoms with Gasteiger partial charge in [-0.1, -0.05) is 67.5 Å². The summed E-state index contributed by atoms with van der Waals surface area (Å²) in [6.45, 7) is 17.6. The molecule has 2 rings (SSSR count). The van der Waals surface area contributed by atoms with Crippen LogP contribution in [0.1, 0.15) is 55.4 Å². The van der Waals surface area contributed by atoms with E-state index in [0.29, 0.717) is 22.6 Å². The van der Waals surface area contributed by atoms with Crippen LogP contribution < -0.4 is 20.1 Å². The Hall–Kier alpha value is -1.23. The van der Waals surface area contributed by atoms with Crippen molar-refractivity contribution in [3.63, 3.8) is 0 Å². The fourth-order valence-electron chi connectivity index (χ4n) is 3.01. The molecule has 4 N–H and O–H groups in total. The van der Waals surface area contributed by atoms with Crippen LogP contribution in [0.2, 0.25) is 0 Å². The summed E-state index contributed by atoms with van der Waals surface area (Å²) in [6.07, 6.45) is 0.773. The Kier molecular flexibility index (Phi) is 18.8. The highest BCUT2D eigenvalue weighted by atomic mass is 32.4. The highest BCUT2D eigenvalue weighted by Crippen LogP contribution is 2.54. The number of pyridine rings is 2. The van der Waals surface area contributed by atoms with Gasteiger partial charge in [0.2, 0.25) is 0 Å². The van der Waals surface area contributed by atoms with Gasteiger partial charge in [0.25, 0.3) is 11.6 Å². The van der Waals surface area contributed by atoms with Crippen LogP contribution in [-0.2, 0) is 23.6 Å². The first-order valence-electron chi connectivity index (χ1n) is 12.4. The van der Waals surface area contributed by atoms with Crippen molar-refractivity contribution in [2.45, 2.75) is 78.0 Å². The highest BCUT2D eigenvalue weighted by molar-refractivity contribution is 8.16. The van der Waals surface area contributed by atoms with Crippen molar-refractivity contribution in [3.8, 4) is 0 Å². The number of aromatic nitrogens is 2. The van der Waals surface area contributed by atoms with Crippen LogP contribution in [0.25, 0.3) is 0 Å². The molecule has 0 aliphatic rings. The monoisotopic (exact) mass is 660 g/mol. The van der Waals surface area contributed by atoms with Gasteiger partial charge in [0.1, 0.15) is 12.4 Å². The molecule has 0 saturated carbocycles. The largest absolute Gasteiger partial charge is 0.673 e. The molecule has 18 heteroatoms. The van der Waals surface area contributed by atoms with Crippen LogP contribution >= 0.6 is 12.4 Å². The van der Waals surface area contributed by atoms with E-state index < -0.39 is 26.9 Å². The first kappa shape index (κ1) is 40.9. The number of nitrogens with one attached hydrogen (secondary N) is 4. The lowest BCUT2D eigenvalue weighted by Crippen LogP contribution is -2.19. The molecule has 0 atom stereocenters. The minimum absolute atomic E-state index is 0.515. The van der Waals surface area contributed by atoms with E-state index in [1.54, 1.807) is 0 Å². The molecule has 0 amide bonds. The van der Waals surface area contributed by atoms with Crippen molar-refractivity contribution < 1.29 is 44.5 Å². The zero-order valence-electron chi connectivity index (χ0n) is 23.8. The normalized spacial score (nSPS) is 12.1. The summed E-state index contributed by atoms with van der Waals surface area (Å²) < 4.78 is 78.0. The number of hydrogen-bond donors (Lipinski definition) is 2. The minimum atomic E-state index is -6.00. The fourth-order valence-corrected chi connectivity index (χ4v) is 8.05. The molecule has 0 fully saturated rings. The molecule has 232 valence electrons. The van der Waals surface area contributed by atoms with Crippen molar-refractivity contribution in [3.05, 3.63) is 48.8 Å². The van der Waals surface area contributed by atoms with E-state index in [1.165, 1.54) is 0 Å². The minimum Gasteiger partial charge on any atom is -0.418 e. The third-order valence-corrected chi connectivity index (χ3v) is 18.0. The van der Waals surface area contributed by atoms with E-state index in [4.69, 9.17) is 23.6 Å². The number of anilines is 2. The van der Waals surface area contributed by atoms with E-state index in [1.807, 2.05) is 48.8 Å². The summed E-state index contributed by atoms with van der Waals surface area (Å²) in [5.41, 5.74) is 2.06. The second-order valence-electron chi connectivity index (χ2n) is 9.56. The van der Waals surface area contributed by atoms with Crippen molar-refractivity contribution in [1.29, 1.82) is 0 Å². The van der Waals surface area contributed by atoms with Crippen molar-refractivity contribution >= 4 is 62.1 Å². The second-order valence-corrected chi connectivity index (χ2v) is 20.6. The number of rotatable bonds is 8. The molecule has 0 aliphatic heterocycles. The van der Waals surface area contributed by atoms with Gasteiger partial charge in [-0.15, -0.1) is 0 Å². The van der Waals surface area contributed by atoms with Gasteiger partial charge in [-0.05, 0) is 35.7 Å². The molecule has 0 aromatic carbocycles. The molecular weight excluding hydrogens is 620 g/mol. The van der Waals surface area contributed by atoms with Crippen LogP contribution in [0, 0.1) is 0 Å². The molecule has 0 radical (unpaired) electrons. The van der Waals surface area contributed by atoms with Crippen LogP contribution in [0.3, 0.4) is 0 Å².